The van der Waals surface area contributed by atoms with Crippen LogP contribution in [0.25, 0.3) is 0 Å². The summed E-state index contributed by atoms with van der Waals surface area (Å²) in [5.41, 5.74) is 4.09. The molecular formula is C19H28F5NO2. The van der Waals surface area contributed by atoms with Crippen LogP contribution >= 0.6 is 0 Å². The number of nitrogens with two attached hydrogens (primary N) is 1. The molecule has 27 heavy (non-hydrogen) atoms. The van der Waals surface area contributed by atoms with Gasteiger partial charge in [-0.05, 0) is 19.3 Å². The van der Waals surface area contributed by atoms with Crippen molar-refractivity contribution in [1.82, 2.24) is 0 Å². The zero-order chi connectivity index (χ0) is 20.4. The van der Waals surface area contributed by atoms with Gasteiger partial charge in [-0.2, -0.15) is 0 Å². The lowest BCUT2D eigenvalue weighted by molar-refractivity contribution is 0.112. The van der Waals surface area contributed by atoms with Crippen LogP contribution in [0.3, 0.4) is 0 Å². The average Bonchev–Trinajstić information content (AvgIpc) is 2.68. The van der Waals surface area contributed by atoms with E-state index in [1.807, 2.05) is 0 Å². The highest BCUT2D eigenvalue weighted by atomic mass is 19.2. The number of hydrogen-bond acceptors (Lipinski definition) is 3. The van der Waals surface area contributed by atoms with Crippen LogP contribution in [0.4, 0.5) is 22.0 Å². The predicted molar refractivity (Wildman–Crippen MR) is 92.6 cm³/mol. The molecule has 0 saturated carbocycles. The van der Waals surface area contributed by atoms with Crippen LogP contribution in [0.5, 0.6) is 0 Å². The fourth-order valence-electron chi connectivity index (χ4n) is 2.92. The van der Waals surface area contributed by atoms with Gasteiger partial charge in [0.05, 0.1) is 18.8 Å². The molecule has 0 radical (unpaired) electrons. The van der Waals surface area contributed by atoms with Gasteiger partial charge in [0.1, 0.15) is 0 Å². The third-order valence-corrected chi connectivity index (χ3v) is 4.78. The Kier molecular flexibility index (Phi) is 10.2. The van der Waals surface area contributed by atoms with E-state index < -0.39 is 40.2 Å². The average molecular weight is 397 g/mol. The van der Waals surface area contributed by atoms with Crippen molar-refractivity contribution in [2.24, 2.45) is 5.73 Å². The largest absolute Gasteiger partial charge is 0.394 e. The van der Waals surface area contributed by atoms with Crippen LogP contribution in [0, 0.1) is 29.1 Å². The first kappa shape index (κ1) is 23.8. The molecule has 0 atom stereocenters. The molecule has 0 fully saturated rings. The Bertz CT molecular complexity index is 565. The highest BCUT2D eigenvalue weighted by Gasteiger charge is 2.25. The highest BCUT2D eigenvalue weighted by molar-refractivity contribution is 5.24. The van der Waals surface area contributed by atoms with Crippen molar-refractivity contribution in [1.29, 1.82) is 0 Å². The van der Waals surface area contributed by atoms with E-state index in [2.05, 4.69) is 0 Å². The molecule has 0 aliphatic rings. The molecule has 0 amide bonds. The molecule has 0 spiro atoms. The molecule has 1 aromatic carbocycles. The van der Waals surface area contributed by atoms with E-state index in [4.69, 9.17) is 15.9 Å². The summed E-state index contributed by atoms with van der Waals surface area (Å²) in [5, 5.41) is 18.2. The van der Waals surface area contributed by atoms with Crippen molar-refractivity contribution in [3.05, 3.63) is 34.6 Å². The number of unbranched alkanes of at least 4 members (excludes halogenated alkanes) is 7. The summed E-state index contributed by atoms with van der Waals surface area (Å²) in [6.45, 7) is -0.515. The Morgan fingerprint density at radius 3 is 1.41 bits per heavy atom. The third-order valence-electron chi connectivity index (χ3n) is 4.78. The monoisotopic (exact) mass is 397 g/mol. The molecule has 0 saturated heterocycles. The van der Waals surface area contributed by atoms with Gasteiger partial charge >= 0.3 is 0 Å². The summed E-state index contributed by atoms with van der Waals surface area (Å²) in [5.74, 6) is -9.40. The summed E-state index contributed by atoms with van der Waals surface area (Å²) in [6, 6.07) is 0. The number of rotatable bonds is 13. The van der Waals surface area contributed by atoms with Gasteiger partial charge in [0.2, 0.25) is 5.82 Å². The van der Waals surface area contributed by atoms with Crippen molar-refractivity contribution >= 4 is 0 Å². The van der Waals surface area contributed by atoms with Gasteiger partial charge in [-0.15, -0.1) is 0 Å². The predicted octanol–water partition coefficient (Wildman–Crippen LogP) is 4.12. The van der Waals surface area contributed by atoms with Crippen LogP contribution < -0.4 is 5.73 Å². The third kappa shape index (κ3) is 7.01. The normalized spacial score (nSPS) is 12.0. The molecule has 4 N–H and O–H groups in total. The van der Waals surface area contributed by atoms with E-state index in [1.54, 1.807) is 0 Å². The first-order valence-corrected chi connectivity index (χ1v) is 9.28. The lowest BCUT2D eigenvalue weighted by Crippen LogP contribution is -2.47. The lowest BCUT2D eigenvalue weighted by Gasteiger charge is -2.24. The molecule has 0 heterocycles. The van der Waals surface area contributed by atoms with Crippen LogP contribution in [0.2, 0.25) is 0 Å². The molecule has 0 bridgehead atoms. The molecular weight excluding hydrogens is 369 g/mol. The zero-order valence-corrected chi connectivity index (χ0v) is 15.3. The second-order valence-corrected chi connectivity index (χ2v) is 7.06. The second-order valence-electron chi connectivity index (χ2n) is 7.06. The Morgan fingerprint density at radius 1 is 0.593 bits per heavy atom. The number of halogens is 5. The SMILES string of the molecule is NC(CO)(CO)CCCCCCCCCCc1c(F)c(F)c(F)c(F)c1F. The van der Waals surface area contributed by atoms with Crippen molar-refractivity contribution < 1.29 is 32.2 Å². The first-order chi connectivity index (χ1) is 12.8. The Labute approximate surface area is 156 Å². The minimum absolute atomic E-state index is 0.188. The molecule has 0 aliphatic carbocycles. The molecule has 0 aromatic heterocycles. The molecule has 8 heteroatoms. The standard InChI is InChI=1S/C19H28F5NO2/c20-14-13(15(21)17(23)18(24)16(14)22)9-7-5-3-1-2-4-6-8-10-19(25,11-26)12-27/h26-27H,1-12,25H2. The number of benzene rings is 1. The van der Waals surface area contributed by atoms with E-state index in [9.17, 15) is 22.0 Å². The van der Waals surface area contributed by atoms with Gasteiger partial charge < -0.3 is 15.9 Å². The molecule has 1 aromatic rings. The van der Waals surface area contributed by atoms with Gasteiger partial charge in [-0.1, -0.05) is 44.9 Å². The van der Waals surface area contributed by atoms with E-state index in [0.717, 1.165) is 38.5 Å². The van der Waals surface area contributed by atoms with Crippen LogP contribution in [0.15, 0.2) is 0 Å². The van der Waals surface area contributed by atoms with Crippen molar-refractivity contribution in [2.75, 3.05) is 13.2 Å². The smallest absolute Gasteiger partial charge is 0.200 e. The van der Waals surface area contributed by atoms with Gasteiger partial charge in [0.25, 0.3) is 0 Å². The summed E-state index contributed by atoms with van der Waals surface area (Å²) >= 11 is 0. The molecule has 156 valence electrons. The number of hydrogen-bond donors (Lipinski definition) is 3. The molecule has 3 nitrogen and oxygen atoms in total. The van der Waals surface area contributed by atoms with Gasteiger partial charge in [-0.3, -0.25) is 0 Å². The van der Waals surface area contributed by atoms with Crippen molar-refractivity contribution in [3.8, 4) is 0 Å². The zero-order valence-electron chi connectivity index (χ0n) is 15.3. The second kappa shape index (κ2) is 11.6. The van der Waals surface area contributed by atoms with Crippen LogP contribution in [0.1, 0.15) is 63.4 Å². The summed E-state index contributed by atoms with van der Waals surface area (Å²) in [6.07, 6.45) is 6.70. The molecule has 0 aliphatic heterocycles. The fraction of sp³-hybridized carbons (Fsp3) is 0.684. The molecule has 1 rings (SSSR count). The van der Waals surface area contributed by atoms with Gasteiger partial charge in [0.15, 0.2) is 23.3 Å². The maximum absolute atomic E-state index is 13.5. The molecule has 0 unspecified atom stereocenters. The lowest BCUT2D eigenvalue weighted by atomic mass is 9.94. The van der Waals surface area contributed by atoms with Gasteiger partial charge in [-0.25, -0.2) is 22.0 Å². The van der Waals surface area contributed by atoms with Gasteiger partial charge in [0, 0.05) is 5.56 Å². The Morgan fingerprint density at radius 2 is 0.963 bits per heavy atom. The van der Waals surface area contributed by atoms with E-state index in [-0.39, 0.29) is 19.6 Å². The minimum Gasteiger partial charge on any atom is -0.394 e. The maximum atomic E-state index is 13.5. The Hall–Kier alpha value is -1.25. The quantitative estimate of drug-likeness (QED) is 0.203. The van der Waals surface area contributed by atoms with Crippen LogP contribution in [-0.4, -0.2) is 29.0 Å². The van der Waals surface area contributed by atoms with Crippen molar-refractivity contribution in [3.63, 3.8) is 0 Å². The summed E-state index contributed by atoms with van der Waals surface area (Å²) in [4.78, 5) is 0. The number of aliphatic hydroxyl groups excluding tert-OH is 2. The number of aliphatic hydroxyl groups is 2. The van der Waals surface area contributed by atoms with E-state index in [0.29, 0.717) is 19.3 Å². The Balaban J connectivity index is 2.19. The highest BCUT2D eigenvalue weighted by Crippen LogP contribution is 2.24. The van der Waals surface area contributed by atoms with Crippen LogP contribution in [-0.2, 0) is 6.42 Å². The fourth-order valence-corrected chi connectivity index (χ4v) is 2.92. The summed E-state index contributed by atoms with van der Waals surface area (Å²) < 4.78 is 66.2. The topological polar surface area (TPSA) is 66.5 Å². The summed E-state index contributed by atoms with van der Waals surface area (Å²) in [7, 11) is 0. The maximum Gasteiger partial charge on any atom is 0.200 e. The minimum atomic E-state index is -2.13. The van der Waals surface area contributed by atoms with Crippen molar-refractivity contribution in [2.45, 2.75) is 69.7 Å². The van der Waals surface area contributed by atoms with E-state index >= 15 is 0 Å². The first-order valence-electron chi connectivity index (χ1n) is 9.28. The van der Waals surface area contributed by atoms with E-state index in [1.165, 1.54) is 0 Å².